The van der Waals surface area contributed by atoms with Crippen molar-refractivity contribution >= 4 is 31.9 Å². The highest BCUT2D eigenvalue weighted by Crippen LogP contribution is 2.33. The van der Waals surface area contributed by atoms with Crippen LogP contribution in [0.3, 0.4) is 0 Å². The standard InChI is InChI=1S/C15H21Br2NO2/c1-2-20-15-11(6-12(16)7-13(15)17)8-18-14-5-3-4-10(14)9-19/h6-7,10,14,18-19H,2-5,8-9H2,1H3. The summed E-state index contributed by atoms with van der Waals surface area (Å²) in [5.74, 6) is 1.29. The fraction of sp³-hybridized carbons (Fsp3) is 0.600. The molecule has 0 amide bonds. The summed E-state index contributed by atoms with van der Waals surface area (Å²) in [5.41, 5.74) is 1.14. The quantitative estimate of drug-likeness (QED) is 0.753. The Morgan fingerprint density at radius 1 is 1.35 bits per heavy atom. The molecule has 1 saturated carbocycles. The van der Waals surface area contributed by atoms with Crippen molar-refractivity contribution in [1.29, 1.82) is 0 Å². The first-order valence-electron chi connectivity index (χ1n) is 7.10. The lowest BCUT2D eigenvalue weighted by molar-refractivity contribution is 0.204. The molecule has 1 aliphatic carbocycles. The van der Waals surface area contributed by atoms with Crippen molar-refractivity contribution in [1.82, 2.24) is 5.32 Å². The van der Waals surface area contributed by atoms with E-state index in [9.17, 15) is 5.11 Å². The average Bonchev–Trinajstić information content (AvgIpc) is 2.87. The van der Waals surface area contributed by atoms with E-state index >= 15 is 0 Å². The van der Waals surface area contributed by atoms with Crippen LogP contribution in [0.25, 0.3) is 0 Å². The van der Waals surface area contributed by atoms with Gasteiger partial charge in [-0.25, -0.2) is 0 Å². The molecule has 2 N–H and O–H groups in total. The van der Waals surface area contributed by atoms with Crippen molar-refractivity contribution < 1.29 is 9.84 Å². The zero-order valence-electron chi connectivity index (χ0n) is 11.7. The molecule has 1 aromatic rings. The van der Waals surface area contributed by atoms with E-state index in [1.165, 1.54) is 6.42 Å². The van der Waals surface area contributed by atoms with Crippen LogP contribution < -0.4 is 10.1 Å². The summed E-state index contributed by atoms with van der Waals surface area (Å²) < 4.78 is 7.74. The third kappa shape index (κ3) is 3.97. The minimum absolute atomic E-state index is 0.276. The summed E-state index contributed by atoms with van der Waals surface area (Å²) in [6.07, 6.45) is 3.46. The SMILES string of the molecule is CCOc1c(Br)cc(Br)cc1CNC1CCCC1CO. The molecule has 112 valence electrons. The molecule has 2 atom stereocenters. The molecular weight excluding hydrogens is 386 g/mol. The summed E-state index contributed by atoms with van der Waals surface area (Å²) in [5, 5.41) is 13.0. The molecule has 20 heavy (non-hydrogen) atoms. The lowest BCUT2D eigenvalue weighted by Crippen LogP contribution is -2.33. The van der Waals surface area contributed by atoms with E-state index in [-0.39, 0.29) is 6.61 Å². The van der Waals surface area contributed by atoms with Gasteiger partial charge in [0.05, 0.1) is 11.1 Å². The molecule has 0 heterocycles. The summed E-state index contributed by atoms with van der Waals surface area (Å²) in [4.78, 5) is 0. The van der Waals surface area contributed by atoms with Crippen LogP contribution in [0.2, 0.25) is 0 Å². The molecule has 1 aliphatic rings. The maximum Gasteiger partial charge on any atom is 0.138 e. The Morgan fingerprint density at radius 3 is 2.85 bits per heavy atom. The second-order valence-corrected chi connectivity index (χ2v) is 6.94. The third-order valence-corrected chi connectivity index (χ3v) is 4.87. The van der Waals surface area contributed by atoms with Crippen LogP contribution in [-0.4, -0.2) is 24.4 Å². The Labute approximate surface area is 137 Å². The summed E-state index contributed by atoms with van der Waals surface area (Å²) in [6.45, 7) is 3.67. The fourth-order valence-corrected chi connectivity index (χ4v) is 4.24. The largest absolute Gasteiger partial charge is 0.492 e. The van der Waals surface area contributed by atoms with Crippen molar-refractivity contribution in [2.45, 2.75) is 38.8 Å². The summed E-state index contributed by atoms with van der Waals surface area (Å²) in [6, 6.07) is 4.50. The molecule has 0 radical (unpaired) electrons. The van der Waals surface area contributed by atoms with Crippen LogP contribution >= 0.6 is 31.9 Å². The third-order valence-electron chi connectivity index (χ3n) is 3.82. The van der Waals surface area contributed by atoms with Crippen LogP contribution in [0.4, 0.5) is 0 Å². The molecule has 0 spiro atoms. The van der Waals surface area contributed by atoms with Crippen LogP contribution in [0.1, 0.15) is 31.7 Å². The summed E-state index contributed by atoms with van der Waals surface area (Å²) >= 11 is 7.08. The van der Waals surface area contributed by atoms with Gasteiger partial charge in [0.1, 0.15) is 5.75 Å². The zero-order valence-corrected chi connectivity index (χ0v) is 14.8. The lowest BCUT2D eigenvalue weighted by Gasteiger charge is -2.20. The van der Waals surface area contributed by atoms with E-state index in [0.29, 0.717) is 18.6 Å². The van der Waals surface area contributed by atoms with Crippen molar-refractivity contribution in [3.8, 4) is 5.75 Å². The number of hydrogen-bond donors (Lipinski definition) is 2. The van der Waals surface area contributed by atoms with Gasteiger partial charge in [0, 0.05) is 29.2 Å². The van der Waals surface area contributed by atoms with Crippen LogP contribution in [0.15, 0.2) is 21.1 Å². The van der Waals surface area contributed by atoms with Crippen LogP contribution in [0.5, 0.6) is 5.75 Å². The Bertz CT molecular complexity index is 454. The van der Waals surface area contributed by atoms with Crippen molar-refractivity contribution in [3.63, 3.8) is 0 Å². The Morgan fingerprint density at radius 2 is 2.15 bits per heavy atom. The van der Waals surface area contributed by atoms with Crippen LogP contribution in [-0.2, 0) is 6.54 Å². The maximum absolute atomic E-state index is 9.38. The van der Waals surface area contributed by atoms with E-state index in [4.69, 9.17) is 4.74 Å². The Kier molecular flexibility index (Phi) is 6.33. The maximum atomic E-state index is 9.38. The molecule has 2 rings (SSSR count). The van der Waals surface area contributed by atoms with Crippen LogP contribution in [0, 0.1) is 5.92 Å². The molecule has 0 saturated heterocycles. The van der Waals surface area contributed by atoms with Gasteiger partial charge in [-0.2, -0.15) is 0 Å². The highest BCUT2D eigenvalue weighted by atomic mass is 79.9. The van der Waals surface area contributed by atoms with Gasteiger partial charge in [-0.15, -0.1) is 0 Å². The predicted molar refractivity (Wildman–Crippen MR) is 88.1 cm³/mol. The topological polar surface area (TPSA) is 41.5 Å². The number of rotatable bonds is 6. The van der Waals surface area contributed by atoms with Gasteiger partial charge in [-0.05, 0) is 53.7 Å². The Balaban J connectivity index is 2.08. The summed E-state index contributed by atoms with van der Waals surface area (Å²) in [7, 11) is 0. The fourth-order valence-electron chi connectivity index (χ4n) is 2.82. The molecule has 3 nitrogen and oxygen atoms in total. The average molecular weight is 407 g/mol. The van der Waals surface area contributed by atoms with Gasteiger partial charge in [0.2, 0.25) is 0 Å². The molecule has 0 bridgehead atoms. The van der Waals surface area contributed by atoms with E-state index in [1.54, 1.807) is 0 Å². The molecule has 5 heteroatoms. The number of nitrogens with one attached hydrogen (secondary N) is 1. The van der Waals surface area contributed by atoms with E-state index in [2.05, 4.69) is 43.2 Å². The van der Waals surface area contributed by atoms with Gasteiger partial charge in [0.15, 0.2) is 0 Å². The first-order chi connectivity index (χ1) is 9.65. The van der Waals surface area contributed by atoms with Gasteiger partial charge in [-0.3, -0.25) is 0 Å². The number of halogens is 2. The number of aliphatic hydroxyl groups is 1. The van der Waals surface area contributed by atoms with E-state index in [1.807, 2.05) is 13.0 Å². The van der Waals surface area contributed by atoms with Gasteiger partial charge >= 0.3 is 0 Å². The number of hydrogen-bond acceptors (Lipinski definition) is 3. The molecule has 2 unspecified atom stereocenters. The Hall–Kier alpha value is -0.100. The lowest BCUT2D eigenvalue weighted by atomic mass is 10.0. The zero-order chi connectivity index (χ0) is 14.5. The van der Waals surface area contributed by atoms with Gasteiger partial charge < -0.3 is 15.2 Å². The van der Waals surface area contributed by atoms with Gasteiger partial charge in [-0.1, -0.05) is 22.4 Å². The predicted octanol–water partition coefficient (Wildman–Crippen LogP) is 3.86. The number of benzene rings is 1. The monoisotopic (exact) mass is 405 g/mol. The van der Waals surface area contributed by atoms with E-state index in [0.717, 1.165) is 39.6 Å². The second-order valence-electron chi connectivity index (χ2n) is 5.17. The minimum atomic E-state index is 0.276. The first-order valence-corrected chi connectivity index (χ1v) is 8.69. The molecule has 0 aliphatic heterocycles. The first kappa shape index (κ1) is 16.3. The molecule has 1 aromatic carbocycles. The number of ether oxygens (including phenoxy) is 1. The molecule has 1 fully saturated rings. The van der Waals surface area contributed by atoms with E-state index < -0.39 is 0 Å². The molecule has 0 aromatic heterocycles. The number of aliphatic hydroxyl groups excluding tert-OH is 1. The highest BCUT2D eigenvalue weighted by Gasteiger charge is 2.26. The highest BCUT2D eigenvalue weighted by molar-refractivity contribution is 9.11. The normalized spacial score (nSPS) is 22.2. The molecular formula is C15H21Br2NO2. The smallest absolute Gasteiger partial charge is 0.138 e. The van der Waals surface area contributed by atoms with Crippen molar-refractivity contribution in [2.75, 3.05) is 13.2 Å². The van der Waals surface area contributed by atoms with Gasteiger partial charge in [0.25, 0.3) is 0 Å². The minimum Gasteiger partial charge on any atom is -0.492 e. The van der Waals surface area contributed by atoms with Crippen molar-refractivity contribution in [3.05, 3.63) is 26.6 Å². The van der Waals surface area contributed by atoms with Crippen molar-refractivity contribution in [2.24, 2.45) is 5.92 Å². The second kappa shape index (κ2) is 7.78.